The smallest absolute Gasteiger partial charge is 0.339 e. The van der Waals surface area contributed by atoms with Gasteiger partial charge in [-0.15, -0.1) is 0 Å². The summed E-state index contributed by atoms with van der Waals surface area (Å²) >= 11 is 0. The zero-order valence-electron chi connectivity index (χ0n) is 9.81. The topological polar surface area (TPSA) is 52.3 Å². The van der Waals surface area contributed by atoms with Gasteiger partial charge in [-0.3, -0.25) is 0 Å². The highest BCUT2D eigenvalue weighted by molar-refractivity contribution is 5.96. The van der Waals surface area contributed by atoms with Crippen molar-refractivity contribution in [1.29, 1.82) is 0 Å². The summed E-state index contributed by atoms with van der Waals surface area (Å²) in [4.78, 5) is 11.5. The Balaban J connectivity index is 2.54. The number of rotatable bonds is 2. The monoisotopic (exact) mass is 245 g/mol. The lowest BCUT2D eigenvalue weighted by Crippen LogP contribution is -2.05. The van der Waals surface area contributed by atoms with Crippen LogP contribution >= 0.6 is 0 Å². The molecule has 0 fully saturated rings. The fourth-order valence-corrected chi connectivity index (χ4v) is 1.71. The molecule has 0 aromatic heterocycles. The minimum absolute atomic E-state index is 0.234. The number of halogens is 1. The Morgan fingerprint density at radius 1 is 1.22 bits per heavy atom. The molecule has 2 aromatic carbocycles. The van der Waals surface area contributed by atoms with Crippen LogP contribution in [0.15, 0.2) is 42.5 Å². The van der Waals surface area contributed by atoms with Crippen LogP contribution in [0.4, 0.5) is 10.1 Å². The van der Waals surface area contributed by atoms with Crippen LogP contribution in [-0.4, -0.2) is 13.1 Å². The van der Waals surface area contributed by atoms with Gasteiger partial charge in [0.25, 0.3) is 0 Å². The fraction of sp³-hybridized carbons (Fsp3) is 0.0714. The van der Waals surface area contributed by atoms with E-state index in [0.29, 0.717) is 16.8 Å². The number of nitrogens with two attached hydrogens (primary N) is 1. The van der Waals surface area contributed by atoms with Crippen molar-refractivity contribution in [3.63, 3.8) is 0 Å². The molecule has 0 saturated heterocycles. The van der Waals surface area contributed by atoms with Crippen LogP contribution in [0.1, 0.15) is 10.4 Å². The molecule has 0 aliphatic rings. The summed E-state index contributed by atoms with van der Waals surface area (Å²) in [6.07, 6.45) is 0. The standard InChI is InChI=1S/C14H12FNO2/c1-18-14(17)11-8-9(6-7-13(11)16)10-4-2-3-5-12(10)15/h2-8H,16H2,1H3. The van der Waals surface area contributed by atoms with Crippen LogP contribution in [-0.2, 0) is 4.74 Å². The first-order valence-corrected chi connectivity index (χ1v) is 5.36. The van der Waals surface area contributed by atoms with Crippen molar-refractivity contribution in [1.82, 2.24) is 0 Å². The minimum atomic E-state index is -0.536. The van der Waals surface area contributed by atoms with Crippen molar-refractivity contribution in [2.45, 2.75) is 0 Å². The summed E-state index contributed by atoms with van der Waals surface area (Å²) in [6, 6.07) is 11.1. The lowest BCUT2D eigenvalue weighted by Gasteiger charge is -2.08. The Bertz CT molecular complexity index is 596. The SMILES string of the molecule is COC(=O)c1cc(-c2ccccc2F)ccc1N. The van der Waals surface area contributed by atoms with Crippen LogP contribution in [0.2, 0.25) is 0 Å². The summed E-state index contributed by atoms with van der Waals surface area (Å²) < 4.78 is 18.3. The maximum absolute atomic E-state index is 13.6. The van der Waals surface area contributed by atoms with Gasteiger partial charge in [0.2, 0.25) is 0 Å². The van der Waals surface area contributed by atoms with E-state index in [9.17, 15) is 9.18 Å². The zero-order valence-corrected chi connectivity index (χ0v) is 9.81. The molecule has 0 aliphatic carbocycles. The van der Waals surface area contributed by atoms with Crippen LogP contribution in [0.5, 0.6) is 0 Å². The molecule has 18 heavy (non-hydrogen) atoms. The van der Waals surface area contributed by atoms with Crippen molar-refractivity contribution < 1.29 is 13.9 Å². The Morgan fingerprint density at radius 3 is 2.61 bits per heavy atom. The molecule has 0 radical (unpaired) electrons. The molecular weight excluding hydrogens is 233 g/mol. The molecule has 92 valence electrons. The normalized spacial score (nSPS) is 10.1. The van der Waals surface area contributed by atoms with Gasteiger partial charge in [0.15, 0.2) is 0 Å². The number of esters is 1. The summed E-state index contributed by atoms with van der Waals surface area (Å²) in [5.41, 5.74) is 7.23. The van der Waals surface area contributed by atoms with Crippen molar-refractivity contribution in [2.75, 3.05) is 12.8 Å². The molecule has 2 aromatic rings. The van der Waals surface area contributed by atoms with Crippen molar-refractivity contribution in [2.24, 2.45) is 0 Å². The van der Waals surface area contributed by atoms with Gasteiger partial charge in [-0.05, 0) is 23.8 Å². The van der Waals surface area contributed by atoms with Crippen LogP contribution in [0.3, 0.4) is 0 Å². The third-order valence-electron chi connectivity index (χ3n) is 2.64. The second-order valence-corrected chi connectivity index (χ2v) is 3.77. The molecule has 3 nitrogen and oxygen atoms in total. The third kappa shape index (κ3) is 2.18. The summed E-state index contributed by atoms with van der Waals surface area (Å²) in [5, 5.41) is 0. The largest absolute Gasteiger partial charge is 0.465 e. The van der Waals surface area contributed by atoms with Gasteiger partial charge in [0.1, 0.15) is 5.82 Å². The number of hydrogen-bond acceptors (Lipinski definition) is 3. The number of ether oxygens (including phenoxy) is 1. The zero-order chi connectivity index (χ0) is 13.1. The number of benzene rings is 2. The van der Waals surface area contributed by atoms with Gasteiger partial charge in [0.05, 0.1) is 12.7 Å². The van der Waals surface area contributed by atoms with E-state index in [1.165, 1.54) is 19.2 Å². The molecule has 0 unspecified atom stereocenters. The Morgan fingerprint density at radius 2 is 1.94 bits per heavy atom. The molecular formula is C14H12FNO2. The first-order valence-electron chi connectivity index (χ1n) is 5.36. The first-order chi connectivity index (χ1) is 8.63. The molecule has 4 heteroatoms. The van der Waals surface area contributed by atoms with E-state index in [0.717, 1.165) is 0 Å². The third-order valence-corrected chi connectivity index (χ3v) is 2.64. The Hall–Kier alpha value is -2.36. The predicted octanol–water partition coefficient (Wildman–Crippen LogP) is 2.86. The van der Waals surface area contributed by atoms with Crippen molar-refractivity contribution >= 4 is 11.7 Å². The van der Waals surface area contributed by atoms with Gasteiger partial charge in [-0.1, -0.05) is 24.3 Å². The number of carbonyl (C=O) groups excluding carboxylic acids is 1. The molecule has 2 rings (SSSR count). The highest BCUT2D eigenvalue weighted by Crippen LogP contribution is 2.26. The Labute approximate surface area is 104 Å². The predicted molar refractivity (Wildman–Crippen MR) is 67.6 cm³/mol. The molecule has 0 heterocycles. The van der Waals surface area contributed by atoms with Gasteiger partial charge in [-0.25, -0.2) is 9.18 Å². The lowest BCUT2D eigenvalue weighted by molar-refractivity contribution is 0.0602. The maximum Gasteiger partial charge on any atom is 0.339 e. The van der Waals surface area contributed by atoms with E-state index in [-0.39, 0.29) is 11.4 Å². The van der Waals surface area contributed by atoms with E-state index < -0.39 is 5.97 Å². The molecule has 0 atom stereocenters. The number of carbonyl (C=O) groups is 1. The summed E-state index contributed by atoms with van der Waals surface area (Å²) in [6.45, 7) is 0. The summed E-state index contributed by atoms with van der Waals surface area (Å²) in [7, 11) is 1.28. The molecule has 0 amide bonds. The highest BCUT2D eigenvalue weighted by atomic mass is 19.1. The van der Waals surface area contributed by atoms with Gasteiger partial charge >= 0.3 is 5.97 Å². The molecule has 0 bridgehead atoms. The summed E-state index contributed by atoms with van der Waals surface area (Å²) in [5.74, 6) is -0.885. The first kappa shape index (κ1) is 12.1. The van der Waals surface area contributed by atoms with Gasteiger partial charge in [0, 0.05) is 11.3 Å². The molecule has 0 saturated carbocycles. The minimum Gasteiger partial charge on any atom is -0.465 e. The molecule has 2 N–H and O–H groups in total. The number of methoxy groups -OCH3 is 1. The number of nitrogen functional groups attached to an aromatic ring is 1. The van der Waals surface area contributed by atoms with E-state index in [2.05, 4.69) is 4.74 Å². The average Bonchev–Trinajstić information content (AvgIpc) is 2.39. The molecule has 0 spiro atoms. The van der Waals surface area contributed by atoms with Gasteiger partial charge < -0.3 is 10.5 Å². The quantitative estimate of drug-likeness (QED) is 0.653. The van der Waals surface area contributed by atoms with Crippen LogP contribution < -0.4 is 5.73 Å². The molecule has 0 aliphatic heterocycles. The second kappa shape index (κ2) is 4.87. The van der Waals surface area contributed by atoms with Crippen molar-refractivity contribution in [3.8, 4) is 11.1 Å². The Kier molecular flexibility index (Phi) is 3.28. The number of anilines is 1. The van der Waals surface area contributed by atoms with E-state index in [1.807, 2.05) is 0 Å². The highest BCUT2D eigenvalue weighted by Gasteiger charge is 2.12. The second-order valence-electron chi connectivity index (χ2n) is 3.77. The van der Waals surface area contributed by atoms with Crippen molar-refractivity contribution in [3.05, 3.63) is 53.8 Å². The van der Waals surface area contributed by atoms with E-state index in [4.69, 9.17) is 5.73 Å². The van der Waals surface area contributed by atoms with Crippen LogP contribution in [0.25, 0.3) is 11.1 Å². The lowest BCUT2D eigenvalue weighted by atomic mass is 10.0. The van der Waals surface area contributed by atoms with E-state index >= 15 is 0 Å². The van der Waals surface area contributed by atoms with Crippen LogP contribution in [0, 0.1) is 5.82 Å². The van der Waals surface area contributed by atoms with E-state index in [1.54, 1.807) is 30.3 Å². The number of hydrogen-bond donors (Lipinski definition) is 1. The average molecular weight is 245 g/mol. The maximum atomic E-state index is 13.6. The van der Waals surface area contributed by atoms with Gasteiger partial charge in [-0.2, -0.15) is 0 Å². The fourth-order valence-electron chi connectivity index (χ4n) is 1.71.